The highest BCUT2D eigenvalue weighted by atomic mass is 16.5. The van der Waals surface area contributed by atoms with Crippen LogP contribution in [0.3, 0.4) is 0 Å². The number of carbonyl (C=O) groups is 2. The second-order valence-electron chi connectivity index (χ2n) is 15.4. The predicted molar refractivity (Wildman–Crippen MR) is 154 cm³/mol. The van der Waals surface area contributed by atoms with Crippen LogP contribution in [0.1, 0.15) is 113 Å². The summed E-state index contributed by atoms with van der Waals surface area (Å²) < 4.78 is 5.73. The van der Waals surface area contributed by atoms with Gasteiger partial charge in [0, 0.05) is 0 Å². The first kappa shape index (κ1) is 28.6. The number of esters is 1. The van der Waals surface area contributed by atoms with E-state index >= 15 is 0 Å². The molecule has 39 heavy (non-hydrogen) atoms. The SMILES string of the molecule is CCCCOC(=O)[C@@]1(C)C(=O)C(C#N)=C[C@]2(C)[C@H]3CC=C4[C@@H]5[C@@H](C)[C@H](C)CC[C@]5(C)CC[C@@]4(C)[C@]3(C)CC[C@@H]12. The van der Waals surface area contributed by atoms with Crippen molar-refractivity contribution in [3.8, 4) is 6.07 Å². The zero-order valence-electron chi connectivity index (χ0n) is 25.8. The van der Waals surface area contributed by atoms with Crippen LogP contribution in [0.4, 0.5) is 0 Å². The molecule has 0 spiro atoms. The highest BCUT2D eigenvalue weighted by Gasteiger charge is 2.70. The molecule has 0 N–H and O–H groups in total. The van der Waals surface area contributed by atoms with Crippen LogP contribution in [0.25, 0.3) is 0 Å². The summed E-state index contributed by atoms with van der Waals surface area (Å²) in [5.41, 5.74) is 0.615. The highest BCUT2D eigenvalue weighted by Crippen LogP contribution is 2.75. The third kappa shape index (κ3) is 3.66. The lowest BCUT2D eigenvalue weighted by atomic mass is 9.34. The molecule has 5 aliphatic carbocycles. The zero-order chi connectivity index (χ0) is 28.6. The Morgan fingerprint density at radius 3 is 2.44 bits per heavy atom. The number of ether oxygens (including phenoxy) is 1. The van der Waals surface area contributed by atoms with Gasteiger partial charge in [-0.05, 0) is 110 Å². The largest absolute Gasteiger partial charge is 0.465 e. The van der Waals surface area contributed by atoms with Gasteiger partial charge in [-0.2, -0.15) is 5.26 Å². The van der Waals surface area contributed by atoms with E-state index in [9.17, 15) is 14.9 Å². The van der Waals surface area contributed by atoms with E-state index in [2.05, 4.69) is 60.6 Å². The molecule has 3 saturated carbocycles. The Morgan fingerprint density at radius 2 is 1.77 bits per heavy atom. The van der Waals surface area contributed by atoms with Crippen LogP contribution in [-0.4, -0.2) is 18.4 Å². The number of Topliss-reactive ketones (excluding diaryl/α,β-unsaturated/α-hetero) is 1. The van der Waals surface area contributed by atoms with Crippen molar-refractivity contribution in [1.82, 2.24) is 0 Å². The van der Waals surface area contributed by atoms with Crippen LogP contribution in [0.2, 0.25) is 0 Å². The summed E-state index contributed by atoms with van der Waals surface area (Å²) in [6, 6.07) is 2.20. The van der Waals surface area contributed by atoms with Crippen molar-refractivity contribution < 1.29 is 14.3 Å². The van der Waals surface area contributed by atoms with E-state index in [0.29, 0.717) is 23.9 Å². The molecule has 4 nitrogen and oxygen atoms in total. The number of nitriles is 1. The summed E-state index contributed by atoms with van der Waals surface area (Å²) in [7, 11) is 0. The van der Waals surface area contributed by atoms with Crippen LogP contribution in [-0.2, 0) is 14.3 Å². The van der Waals surface area contributed by atoms with E-state index in [-0.39, 0.29) is 34.0 Å². The molecule has 0 aromatic carbocycles. The fraction of sp³-hybridized carbons (Fsp3) is 0.800. The third-order valence-electron chi connectivity index (χ3n) is 13.7. The average molecular weight is 534 g/mol. The molecule has 10 atom stereocenters. The van der Waals surface area contributed by atoms with Gasteiger partial charge in [0.2, 0.25) is 0 Å². The standard InChI is InChI=1S/C35H51NO3/c1-9-10-19-39-30(38)35(8)27-14-16-34(7)26(32(27,5)20-24(21-36)29(35)37)12-11-25-28-23(3)22(2)13-15-31(28,4)17-18-33(25,34)6/h11,20,22-23,26-28H,9-10,12-19H2,1-8H3/t22-,23+,26-,27-,28+,31-,32-,33-,34-,35-/m1/s1. The Bertz CT molecular complexity index is 1160. The van der Waals surface area contributed by atoms with Crippen LogP contribution >= 0.6 is 0 Å². The quantitative estimate of drug-likeness (QED) is 0.158. The Hall–Kier alpha value is -1.89. The molecule has 0 saturated heterocycles. The molecule has 0 bridgehead atoms. The Kier molecular flexibility index (Phi) is 6.84. The van der Waals surface area contributed by atoms with Gasteiger partial charge in [-0.15, -0.1) is 0 Å². The zero-order valence-corrected chi connectivity index (χ0v) is 25.8. The minimum absolute atomic E-state index is 0.0363. The maximum atomic E-state index is 13.7. The molecule has 0 aromatic heterocycles. The van der Waals surface area contributed by atoms with Gasteiger partial charge in [0.15, 0.2) is 5.78 Å². The molecular formula is C35H51NO3. The van der Waals surface area contributed by atoms with Crippen molar-refractivity contribution in [2.75, 3.05) is 6.61 Å². The summed E-state index contributed by atoms with van der Waals surface area (Å²) in [6.07, 6.45) is 14.2. The number of allylic oxidation sites excluding steroid dienone is 4. The predicted octanol–water partition coefficient (Wildman–Crippen LogP) is 8.23. The minimum atomic E-state index is -1.31. The van der Waals surface area contributed by atoms with E-state index < -0.39 is 16.8 Å². The molecule has 0 radical (unpaired) electrons. The Balaban J connectivity index is 1.60. The Morgan fingerprint density at radius 1 is 1.05 bits per heavy atom. The van der Waals surface area contributed by atoms with Crippen molar-refractivity contribution in [3.63, 3.8) is 0 Å². The van der Waals surface area contributed by atoms with Gasteiger partial charge in [-0.25, -0.2) is 0 Å². The topological polar surface area (TPSA) is 67.2 Å². The molecule has 4 heteroatoms. The molecule has 0 amide bonds. The summed E-state index contributed by atoms with van der Waals surface area (Å²) in [6.45, 7) is 19.0. The number of hydrogen-bond donors (Lipinski definition) is 0. The Labute approximate surface area is 237 Å². The summed E-state index contributed by atoms with van der Waals surface area (Å²) in [4.78, 5) is 27.4. The lowest BCUT2D eigenvalue weighted by molar-refractivity contribution is -0.183. The number of ketones is 1. The number of hydrogen-bond acceptors (Lipinski definition) is 4. The second kappa shape index (κ2) is 9.32. The van der Waals surface area contributed by atoms with Gasteiger partial charge >= 0.3 is 5.97 Å². The smallest absolute Gasteiger partial charge is 0.320 e. The van der Waals surface area contributed by atoms with E-state index in [0.717, 1.165) is 38.0 Å². The fourth-order valence-electron chi connectivity index (χ4n) is 10.9. The van der Waals surface area contributed by atoms with E-state index in [1.807, 2.05) is 6.08 Å². The van der Waals surface area contributed by atoms with Crippen LogP contribution in [0.15, 0.2) is 23.3 Å². The maximum Gasteiger partial charge on any atom is 0.320 e. The summed E-state index contributed by atoms with van der Waals surface area (Å²) in [5.74, 6) is 1.38. The minimum Gasteiger partial charge on any atom is -0.465 e. The van der Waals surface area contributed by atoms with Crippen LogP contribution in [0.5, 0.6) is 0 Å². The number of nitrogens with zero attached hydrogens (tertiary/aromatic N) is 1. The maximum absolute atomic E-state index is 13.7. The van der Waals surface area contributed by atoms with Gasteiger partial charge in [0.05, 0.1) is 12.2 Å². The highest BCUT2D eigenvalue weighted by molar-refractivity contribution is 6.15. The van der Waals surface area contributed by atoms with Crippen molar-refractivity contribution in [2.45, 2.75) is 113 Å². The van der Waals surface area contributed by atoms with Crippen molar-refractivity contribution in [1.29, 1.82) is 5.26 Å². The average Bonchev–Trinajstić information content (AvgIpc) is 2.89. The second-order valence-corrected chi connectivity index (χ2v) is 15.4. The molecular weight excluding hydrogens is 482 g/mol. The first-order chi connectivity index (χ1) is 18.2. The molecule has 5 aliphatic rings. The number of rotatable bonds is 4. The van der Waals surface area contributed by atoms with Crippen LogP contribution < -0.4 is 0 Å². The van der Waals surface area contributed by atoms with Crippen LogP contribution in [0, 0.1) is 68.0 Å². The van der Waals surface area contributed by atoms with Gasteiger partial charge in [-0.1, -0.05) is 72.6 Å². The third-order valence-corrected chi connectivity index (χ3v) is 13.7. The van der Waals surface area contributed by atoms with E-state index in [4.69, 9.17) is 4.74 Å². The normalized spacial score (nSPS) is 48.8. The van der Waals surface area contributed by atoms with Gasteiger partial charge in [0.1, 0.15) is 11.5 Å². The summed E-state index contributed by atoms with van der Waals surface area (Å²) in [5, 5.41) is 10.1. The van der Waals surface area contributed by atoms with Gasteiger partial charge in [0.25, 0.3) is 0 Å². The molecule has 5 rings (SSSR count). The van der Waals surface area contributed by atoms with Crippen molar-refractivity contribution >= 4 is 11.8 Å². The van der Waals surface area contributed by atoms with E-state index in [1.165, 1.54) is 25.7 Å². The lowest BCUT2D eigenvalue weighted by Gasteiger charge is -2.70. The first-order valence-electron chi connectivity index (χ1n) is 15.8. The first-order valence-corrected chi connectivity index (χ1v) is 15.8. The molecule has 0 unspecified atom stereocenters. The molecule has 0 heterocycles. The van der Waals surface area contributed by atoms with Crippen molar-refractivity contribution in [2.24, 2.45) is 56.7 Å². The molecule has 0 aromatic rings. The van der Waals surface area contributed by atoms with Crippen molar-refractivity contribution in [3.05, 3.63) is 23.3 Å². The monoisotopic (exact) mass is 533 g/mol. The summed E-state index contributed by atoms with van der Waals surface area (Å²) >= 11 is 0. The molecule has 3 fully saturated rings. The lowest BCUT2D eigenvalue weighted by Crippen LogP contribution is -2.65. The van der Waals surface area contributed by atoms with Gasteiger partial charge in [-0.3, -0.25) is 9.59 Å². The van der Waals surface area contributed by atoms with Gasteiger partial charge < -0.3 is 4.74 Å². The molecule has 214 valence electrons. The molecule has 0 aliphatic heterocycles. The number of fused-ring (bicyclic) bond motifs is 7. The van der Waals surface area contributed by atoms with E-state index in [1.54, 1.807) is 12.5 Å². The fourth-order valence-corrected chi connectivity index (χ4v) is 10.9. The number of unbranched alkanes of at least 4 members (excludes halogenated alkanes) is 1. The number of carbonyl (C=O) groups excluding carboxylic acids is 2.